The van der Waals surface area contributed by atoms with Crippen molar-refractivity contribution in [3.8, 4) is 0 Å². The average molecular weight is 330 g/mol. The number of nitrogens with zero attached hydrogens (tertiary/aromatic N) is 1. The van der Waals surface area contributed by atoms with Gasteiger partial charge in [-0.1, -0.05) is 43.2 Å². The lowest BCUT2D eigenvalue weighted by molar-refractivity contribution is -0.135. The number of carbonyl (C=O) groups is 3. The molecule has 1 N–H and O–H groups in total. The number of rotatable bonds is 4. The van der Waals surface area contributed by atoms with Crippen LogP contribution in [0.3, 0.4) is 0 Å². The highest BCUT2D eigenvalue weighted by atomic mass is 16.6. The fourth-order valence-electron chi connectivity index (χ4n) is 3.35. The van der Waals surface area contributed by atoms with Crippen LogP contribution in [0.1, 0.15) is 42.5 Å². The molecular weight excluding hydrogens is 308 g/mol. The second-order valence-corrected chi connectivity index (χ2v) is 6.32. The molecule has 3 rings (SSSR count). The van der Waals surface area contributed by atoms with Gasteiger partial charge in [-0.2, -0.15) is 0 Å². The zero-order chi connectivity index (χ0) is 16.9. The Bertz CT molecular complexity index is 617. The lowest BCUT2D eigenvalue weighted by Gasteiger charge is -2.31. The summed E-state index contributed by atoms with van der Waals surface area (Å²) in [5.41, 5.74) is 0.673. The van der Waals surface area contributed by atoms with Crippen LogP contribution in [0.25, 0.3) is 0 Å². The van der Waals surface area contributed by atoms with Gasteiger partial charge in [0.1, 0.15) is 12.6 Å². The lowest BCUT2D eigenvalue weighted by Crippen LogP contribution is -2.50. The molecule has 2 aliphatic rings. The van der Waals surface area contributed by atoms with Crippen LogP contribution in [0.15, 0.2) is 30.3 Å². The maximum atomic E-state index is 12.7. The standard InChI is InChI=1S/C18H22N2O4/c21-16(13-7-3-1-4-8-13)11-14-9-5-2-6-10-20(14)17(22)15-12-24-18(23)19-15/h1,3-4,7-8,14-15H,2,5-6,9-12H2,(H,19,23). The molecule has 1 aromatic rings. The second kappa shape index (κ2) is 7.47. The number of likely N-dealkylation sites (tertiary alicyclic amines) is 1. The Hall–Kier alpha value is -2.37. The van der Waals surface area contributed by atoms with Crippen molar-refractivity contribution in [2.24, 2.45) is 0 Å². The van der Waals surface area contributed by atoms with Crippen LogP contribution in [0, 0.1) is 0 Å². The normalized spacial score (nSPS) is 24.0. The molecule has 2 unspecified atom stereocenters. The predicted molar refractivity (Wildman–Crippen MR) is 87.6 cm³/mol. The molecule has 0 radical (unpaired) electrons. The molecule has 2 fully saturated rings. The molecule has 0 aliphatic carbocycles. The number of Topliss-reactive ketones (excluding diaryl/α,β-unsaturated/α-hetero) is 1. The van der Waals surface area contributed by atoms with Crippen molar-refractivity contribution in [1.82, 2.24) is 10.2 Å². The number of amides is 2. The first kappa shape index (κ1) is 16.5. The smallest absolute Gasteiger partial charge is 0.407 e. The first-order valence-electron chi connectivity index (χ1n) is 8.47. The maximum absolute atomic E-state index is 12.7. The van der Waals surface area contributed by atoms with E-state index in [9.17, 15) is 14.4 Å². The largest absolute Gasteiger partial charge is 0.447 e. The molecule has 24 heavy (non-hydrogen) atoms. The van der Waals surface area contributed by atoms with Gasteiger partial charge in [0, 0.05) is 24.6 Å². The molecule has 0 bridgehead atoms. The van der Waals surface area contributed by atoms with Crippen molar-refractivity contribution in [3.63, 3.8) is 0 Å². The van der Waals surface area contributed by atoms with Crippen LogP contribution in [-0.2, 0) is 9.53 Å². The number of alkyl carbamates (subject to hydrolysis) is 1. The summed E-state index contributed by atoms with van der Waals surface area (Å²) in [6.07, 6.45) is 3.55. The number of ether oxygens (including phenoxy) is 1. The Morgan fingerprint density at radius 3 is 2.67 bits per heavy atom. The van der Waals surface area contributed by atoms with E-state index in [-0.39, 0.29) is 24.3 Å². The molecule has 0 spiro atoms. The second-order valence-electron chi connectivity index (χ2n) is 6.32. The average Bonchev–Trinajstić information content (AvgIpc) is 2.90. The highest BCUT2D eigenvalue weighted by Gasteiger charge is 2.36. The van der Waals surface area contributed by atoms with Gasteiger partial charge in [0.25, 0.3) is 0 Å². The number of carbonyl (C=O) groups excluding carboxylic acids is 3. The van der Waals surface area contributed by atoms with E-state index < -0.39 is 12.1 Å². The van der Waals surface area contributed by atoms with Crippen molar-refractivity contribution >= 4 is 17.8 Å². The molecule has 2 saturated heterocycles. The van der Waals surface area contributed by atoms with E-state index >= 15 is 0 Å². The van der Waals surface area contributed by atoms with E-state index in [0.717, 1.165) is 25.7 Å². The molecule has 0 saturated carbocycles. The number of hydrogen-bond donors (Lipinski definition) is 1. The Morgan fingerprint density at radius 1 is 1.17 bits per heavy atom. The van der Waals surface area contributed by atoms with Crippen LogP contribution in [0.5, 0.6) is 0 Å². The molecule has 2 amide bonds. The molecule has 2 heterocycles. The van der Waals surface area contributed by atoms with Gasteiger partial charge in [0.05, 0.1) is 0 Å². The fraction of sp³-hybridized carbons (Fsp3) is 0.500. The lowest BCUT2D eigenvalue weighted by atomic mass is 9.99. The van der Waals surface area contributed by atoms with Crippen molar-refractivity contribution in [2.45, 2.75) is 44.2 Å². The summed E-state index contributed by atoms with van der Waals surface area (Å²) in [5.74, 6) is -0.0966. The van der Waals surface area contributed by atoms with Crippen molar-refractivity contribution < 1.29 is 19.1 Å². The molecule has 6 heteroatoms. The Kier molecular flexibility index (Phi) is 5.13. The third-order valence-electron chi connectivity index (χ3n) is 4.65. The summed E-state index contributed by atoms with van der Waals surface area (Å²) in [7, 11) is 0. The Balaban J connectivity index is 1.71. The van der Waals surface area contributed by atoms with Gasteiger partial charge in [-0.25, -0.2) is 4.79 Å². The molecule has 6 nitrogen and oxygen atoms in total. The topological polar surface area (TPSA) is 75.7 Å². The maximum Gasteiger partial charge on any atom is 0.407 e. The molecule has 2 aliphatic heterocycles. The number of hydrogen-bond acceptors (Lipinski definition) is 4. The van der Waals surface area contributed by atoms with Gasteiger partial charge >= 0.3 is 6.09 Å². The third-order valence-corrected chi connectivity index (χ3v) is 4.65. The van der Waals surface area contributed by atoms with Crippen LogP contribution < -0.4 is 5.32 Å². The molecule has 1 aromatic carbocycles. The Morgan fingerprint density at radius 2 is 1.96 bits per heavy atom. The van der Waals surface area contributed by atoms with Crippen LogP contribution >= 0.6 is 0 Å². The predicted octanol–water partition coefficient (Wildman–Crippen LogP) is 2.14. The van der Waals surface area contributed by atoms with Crippen LogP contribution in [0.4, 0.5) is 4.79 Å². The van der Waals surface area contributed by atoms with E-state index in [1.54, 1.807) is 17.0 Å². The van der Waals surface area contributed by atoms with Crippen LogP contribution in [0.2, 0.25) is 0 Å². The SMILES string of the molecule is O=C1NC(C(=O)N2CCCCCC2CC(=O)c2ccccc2)CO1. The Labute approximate surface area is 141 Å². The zero-order valence-electron chi connectivity index (χ0n) is 13.6. The summed E-state index contributed by atoms with van der Waals surface area (Å²) >= 11 is 0. The zero-order valence-corrected chi connectivity index (χ0v) is 13.6. The van der Waals surface area contributed by atoms with E-state index in [1.165, 1.54) is 0 Å². The van der Waals surface area contributed by atoms with E-state index in [0.29, 0.717) is 18.5 Å². The minimum Gasteiger partial charge on any atom is -0.447 e. The molecule has 0 aromatic heterocycles. The minimum atomic E-state index is -0.634. The number of cyclic esters (lactones) is 1. The van der Waals surface area contributed by atoms with Crippen molar-refractivity contribution in [2.75, 3.05) is 13.2 Å². The van der Waals surface area contributed by atoms with E-state index in [2.05, 4.69) is 5.32 Å². The van der Waals surface area contributed by atoms with Crippen LogP contribution in [-0.4, -0.2) is 47.9 Å². The van der Waals surface area contributed by atoms with Crippen molar-refractivity contribution in [1.29, 1.82) is 0 Å². The van der Waals surface area contributed by atoms with Gasteiger partial charge in [-0.3, -0.25) is 9.59 Å². The fourth-order valence-corrected chi connectivity index (χ4v) is 3.35. The first-order chi connectivity index (χ1) is 11.6. The number of ketones is 1. The number of benzene rings is 1. The van der Waals surface area contributed by atoms with Crippen molar-refractivity contribution in [3.05, 3.63) is 35.9 Å². The highest BCUT2D eigenvalue weighted by molar-refractivity contribution is 5.97. The summed E-state index contributed by atoms with van der Waals surface area (Å²) in [6.45, 7) is 0.686. The highest BCUT2D eigenvalue weighted by Crippen LogP contribution is 2.22. The minimum absolute atomic E-state index is 0.0482. The quantitative estimate of drug-likeness (QED) is 0.858. The van der Waals surface area contributed by atoms with Gasteiger partial charge in [-0.15, -0.1) is 0 Å². The monoisotopic (exact) mass is 330 g/mol. The van der Waals surface area contributed by atoms with E-state index in [4.69, 9.17) is 4.74 Å². The molecule has 128 valence electrons. The molecule has 2 atom stereocenters. The van der Waals surface area contributed by atoms with Gasteiger partial charge < -0.3 is 15.0 Å². The van der Waals surface area contributed by atoms with Gasteiger partial charge in [0.15, 0.2) is 5.78 Å². The van der Waals surface area contributed by atoms with E-state index in [1.807, 2.05) is 18.2 Å². The number of nitrogens with one attached hydrogen (secondary N) is 1. The third kappa shape index (κ3) is 3.75. The van der Waals surface area contributed by atoms with Gasteiger partial charge in [0.2, 0.25) is 5.91 Å². The molecular formula is C18H22N2O4. The summed E-state index contributed by atoms with van der Waals surface area (Å²) < 4.78 is 4.83. The summed E-state index contributed by atoms with van der Waals surface area (Å²) in [6, 6.07) is 8.41. The first-order valence-corrected chi connectivity index (χ1v) is 8.47. The summed E-state index contributed by atoms with van der Waals surface area (Å²) in [4.78, 5) is 38.2. The van der Waals surface area contributed by atoms with Gasteiger partial charge in [-0.05, 0) is 12.8 Å². The summed E-state index contributed by atoms with van der Waals surface area (Å²) in [5, 5.41) is 2.54.